The Morgan fingerprint density at radius 3 is 2.59 bits per heavy atom. The molecule has 0 N–H and O–H groups in total. The lowest BCUT2D eigenvalue weighted by atomic mass is 9.98. The van der Waals surface area contributed by atoms with Crippen molar-refractivity contribution >= 4 is 44.9 Å². The Morgan fingerprint density at radius 1 is 1.03 bits per heavy atom. The van der Waals surface area contributed by atoms with Crippen LogP contribution >= 0.6 is 22.9 Å². The van der Waals surface area contributed by atoms with Crippen LogP contribution < -0.4 is 15.1 Å². The second-order valence-electron chi connectivity index (χ2n) is 9.10. The second kappa shape index (κ2) is 11.0. The summed E-state index contributed by atoms with van der Waals surface area (Å²) in [6.45, 7) is 4.89. The first kappa shape index (κ1) is 25.4. The highest BCUT2D eigenvalue weighted by molar-refractivity contribution is 7.15. The van der Waals surface area contributed by atoms with E-state index in [9.17, 15) is 9.59 Å². The monoisotopic (exact) mass is 537 g/mol. The summed E-state index contributed by atoms with van der Waals surface area (Å²) in [4.78, 5) is 28.9. The van der Waals surface area contributed by atoms with Crippen LogP contribution in [0.1, 0.15) is 78.7 Å². The van der Waals surface area contributed by atoms with Gasteiger partial charge >= 0.3 is 0 Å². The number of unbranched alkanes of at least 4 members (excludes halogenated alkanes) is 3. The number of benzene rings is 2. The van der Waals surface area contributed by atoms with E-state index in [1.165, 1.54) is 29.1 Å². The summed E-state index contributed by atoms with van der Waals surface area (Å²) < 4.78 is 11.9. The lowest BCUT2D eigenvalue weighted by Gasteiger charge is -2.22. The van der Waals surface area contributed by atoms with Crippen LogP contribution in [-0.4, -0.2) is 22.7 Å². The van der Waals surface area contributed by atoms with E-state index in [1.807, 2.05) is 24.3 Å². The zero-order valence-corrected chi connectivity index (χ0v) is 22.4. The maximum atomic E-state index is 13.7. The number of amides is 1. The molecule has 1 aliphatic heterocycles. The Kier molecular flexibility index (Phi) is 7.58. The summed E-state index contributed by atoms with van der Waals surface area (Å²) in [7, 11) is 0. The van der Waals surface area contributed by atoms with E-state index < -0.39 is 11.9 Å². The zero-order chi connectivity index (χ0) is 25.9. The van der Waals surface area contributed by atoms with Crippen molar-refractivity contribution in [1.82, 2.24) is 10.2 Å². The van der Waals surface area contributed by atoms with Gasteiger partial charge in [0.15, 0.2) is 5.43 Å². The molecule has 1 unspecified atom stereocenters. The Bertz CT molecular complexity index is 1480. The summed E-state index contributed by atoms with van der Waals surface area (Å²) in [6, 6.07) is 11.6. The fraction of sp³-hybridized carbons (Fsp3) is 0.357. The normalized spacial score (nSPS) is 14.9. The number of carbonyl (C=O) groups is 1. The fourth-order valence-electron chi connectivity index (χ4n) is 4.58. The Morgan fingerprint density at radius 2 is 1.84 bits per heavy atom. The smallest absolute Gasteiger partial charge is 0.297 e. The molecule has 3 heterocycles. The Balaban J connectivity index is 1.56. The minimum absolute atomic E-state index is 0.0216. The van der Waals surface area contributed by atoms with Crippen molar-refractivity contribution in [3.8, 4) is 5.75 Å². The predicted octanol–water partition coefficient (Wildman–Crippen LogP) is 6.96. The number of halogens is 1. The quantitative estimate of drug-likeness (QED) is 0.203. The van der Waals surface area contributed by atoms with Gasteiger partial charge in [0.1, 0.15) is 16.3 Å². The molecular formula is C28H28ClN3O4S. The molecule has 5 rings (SSSR count). The summed E-state index contributed by atoms with van der Waals surface area (Å²) in [6.07, 6.45) is 6.19. The molecule has 1 aliphatic rings. The van der Waals surface area contributed by atoms with E-state index >= 15 is 0 Å². The number of ether oxygens (including phenoxy) is 1. The first-order valence-electron chi connectivity index (χ1n) is 12.7. The lowest BCUT2D eigenvalue weighted by molar-refractivity contribution is 0.0970. The number of anilines is 1. The highest BCUT2D eigenvalue weighted by Crippen LogP contribution is 2.42. The summed E-state index contributed by atoms with van der Waals surface area (Å²) in [5.41, 5.74) is 1.07. The number of nitrogens with zero attached hydrogens (tertiary/aromatic N) is 3. The zero-order valence-electron chi connectivity index (χ0n) is 20.8. The molecule has 37 heavy (non-hydrogen) atoms. The maximum absolute atomic E-state index is 13.7. The van der Waals surface area contributed by atoms with Gasteiger partial charge in [-0.1, -0.05) is 68.2 Å². The van der Waals surface area contributed by atoms with Crippen molar-refractivity contribution in [3.05, 3.63) is 79.6 Å². The lowest BCUT2D eigenvalue weighted by Crippen LogP contribution is -2.29. The molecule has 0 fully saturated rings. The predicted molar refractivity (Wildman–Crippen MR) is 146 cm³/mol. The number of aryl methyl sites for hydroxylation is 1. The first-order chi connectivity index (χ1) is 18.0. The molecule has 192 valence electrons. The van der Waals surface area contributed by atoms with Gasteiger partial charge in [0.25, 0.3) is 5.91 Å². The van der Waals surface area contributed by atoms with Crippen molar-refractivity contribution in [3.63, 3.8) is 0 Å². The molecule has 4 aromatic rings. The summed E-state index contributed by atoms with van der Waals surface area (Å²) in [5.74, 6) is 0.354. The van der Waals surface area contributed by atoms with Gasteiger partial charge in [-0.3, -0.25) is 14.5 Å². The minimum Gasteiger partial charge on any atom is -0.494 e. The van der Waals surface area contributed by atoms with Crippen LogP contribution in [0.3, 0.4) is 0 Å². The van der Waals surface area contributed by atoms with Crippen LogP contribution in [-0.2, 0) is 6.42 Å². The van der Waals surface area contributed by atoms with Crippen molar-refractivity contribution in [1.29, 1.82) is 0 Å². The molecule has 9 heteroatoms. The standard InChI is InChI=1S/C28H28ClN3O4S/c1-3-5-6-7-15-35-19-12-9-17(10-13-19)24-23-25(33)20-16-18(29)11-14-21(20)36-26(23)27(34)32(24)28-31-30-22(37-28)8-4-2/h9-14,16,24H,3-8,15H2,1-2H3. The van der Waals surface area contributed by atoms with Crippen LogP contribution in [0.25, 0.3) is 11.0 Å². The molecule has 0 saturated heterocycles. The van der Waals surface area contributed by atoms with Crippen LogP contribution in [0.2, 0.25) is 5.02 Å². The molecule has 7 nitrogen and oxygen atoms in total. The van der Waals surface area contributed by atoms with E-state index in [0.29, 0.717) is 27.7 Å². The van der Waals surface area contributed by atoms with Gasteiger partial charge in [-0.25, -0.2) is 0 Å². The molecule has 0 saturated carbocycles. The molecule has 0 aliphatic carbocycles. The minimum atomic E-state index is -0.705. The van der Waals surface area contributed by atoms with Crippen LogP contribution in [0.4, 0.5) is 5.13 Å². The van der Waals surface area contributed by atoms with Gasteiger partial charge in [0.05, 0.1) is 23.6 Å². The van der Waals surface area contributed by atoms with E-state index in [2.05, 4.69) is 24.0 Å². The highest BCUT2D eigenvalue weighted by Gasteiger charge is 2.45. The number of hydrogen-bond donors (Lipinski definition) is 0. The molecule has 1 atom stereocenters. The maximum Gasteiger partial charge on any atom is 0.297 e. The Labute approximate surface area is 224 Å². The van der Waals surface area contributed by atoms with Crippen molar-refractivity contribution in [2.75, 3.05) is 11.5 Å². The topological polar surface area (TPSA) is 85.5 Å². The summed E-state index contributed by atoms with van der Waals surface area (Å²) in [5, 5.41) is 10.6. The second-order valence-corrected chi connectivity index (χ2v) is 10.6. The average molecular weight is 538 g/mol. The molecule has 0 spiro atoms. The van der Waals surface area contributed by atoms with E-state index in [0.717, 1.165) is 42.0 Å². The van der Waals surface area contributed by atoms with Gasteiger partial charge in [0, 0.05) is 11.4 Å². The number of hydrogen-bond acceptors (Lipinski definition) is 7. The van der Waals surface area contributed by atoms with Gasteiger partial charge < -0.3 is 9.15 Å². The number of fused-ring (bicyclic) bond motifs is 2. The number of aromatic nitrogens is 2. The average Bonchev–Trinajstić information content (AvgIpc) is 3.47. The molecule has 0 bridgehead atoms. The van der Waals surface area contributed by atoms with Crippen LogP contribution in [0.5, 0.6) is 5.75 Å². The fourth-order valence-corrected chi connectivity index (χ4v) is 5.72. The Hall–Kier alpha value is -3.23. The SMILES string of the molecule is CCCCCCOc1ccc(C2c3c(oc4ccc(Cl)cc4c3=O)C(=O)N2c2nnc(CCC)s2)cc1. The van der Waals surface area contributed by atoms with Crippen molar-refractivity contribution in [2.45, 2.75) is 58.4 Å². The van der Waals surface area contributed by atoms with Crippen molar-refractivity contribution in [2.24, 2.45) is 0 Å². The molecule has 1 amide bonds. The highest BCUT2D eigenvalue weighted by atomic mass is 35.5. The van der Waals surface area contributed by atoms with Crippen molar-refractivity contribution < 1.29 is 13.9 Å². The molecule has 2 aromatic heterocycles. The number of carbonyl (C=O) groups excluding carboxylic acids is 1. The third-order valence-electron chi connectivity index (χ3n) is 6.42. The third-order valence-corrected chi connectivity index (χ3v) is 7.64. The van der Waals surface area contributed by atoms with Crippen LogP contribution in [0, 0.1) is 0 Å². The van der Waals surface area contributed by atoms with Gasteiger partial charge in [-0.05, 0) is 48.7 Å². The summed E-state index contributed by atoms with van der Waals surface area (Å²) >= 11 is 7.53. The molecule has 2 aromatic carbocycles. The van der Waals surface area contributed by atoms with Gasteiger partial charge in [-0.2, -0.15) is 0 Å². The third kappa shape index (κ3) is 5.00. The van der Waals surface area contributed by atoms with Gasteiger partial charge in [-0.15, -0.1) is 10.2 Å². The number of rotatable bonds is 10. The van der Waals surface area contributed by atoms with Crippen LogP contribution in [0.15, 0.2) is 51.7 Å². The molecule has 0 radical (unpaired) electrons. The first-order valence-corrected chi connectivity index (χ1v) is 13.9. The van der Waals surface area contributed by atoms with E-state index in [4.69, 9.17) is 20.8 Å². The molecular weight excluding hydrogens is 510 g/mol. The van der Waals surface area contributed by atoms with E-state index in [-0.39, 0.29) is 16.8 Å². The van der Waals surface area contributed by atoms with E-state index in [1.54, 1.807) is 18.2 Å². The van der Waals surface area contributed by atoms with Gasteiger partial charge in [0.2, 0.25) is 10.9 Å². The largest absolute Gasteiger partial charge is 0.494 e.